The molecule has 0 atom stereocenters. The zero-order valence-corrected chi connectivity index (χ0v) is 14.5. The summed E-state index contributed by atoms with van der Waals surface area (Å²) in [6, 6.07) is 9.72. The molecule has 138 valence electrons. The Morgan fingerprint density at radius 2 is 1.92 bits per heavy atom. The van der Waals surface area contributed by atoms with Crippen LogP contribution in [0.2, 0.25) is 0 Å². The third-order valence-electron chi connectivity index (χ3n) is 4.05. The summed E-state index contributed by atoms with van der Waals surface area (Å²) in [5, 5.41) is 0. The fourth-order valence-electron chi connectivity index (χ4n) is 2.85. The first kappa shape index (κ1) is 18.3. The Hall–Kier alpha value is -2.52. The molecule has 9 heteroatoms. The lowest BCUT2D eigenvalue weighted by atomic mass is 10.0. The van der Waals surface area contributed by atoms with Crippen molar-refractivity contribution in [3.05, 3.63) is 59.7 Å². The summed E-state index contributed by atoms with van der Waals surface area (Å²) < 4.78 is 50.9. The van der Waals surface area contributed by atoms with Gasteiger partial charge < -0.3 is 4.90 Å². The number of fused-ring (bicyclic) bond motifs is 1. The molecule has 0 spiro atoms. The molecule has 1 heterocycles. The second kappa shape index (κ2) is 7.38. The largest absolute Gasteiger partial charge is 0.362 e. The number of para-hydroxylation sites is 1. The average molecular weight is 381 g/mol. The van der Waals surface area contributed by atoms with Crippen LogP contribution in [-0.2, 0) is 21.2 Å². The van der Waals surface area contributed by atoms with Crippen molar-refractivity contribution in [3.63, 3.8) is 0 Å². The van der Waals surface area contributed by atoms with Gasteiger partial charge in [0.25, 0.3) is 15.9 Å². The van der Waals surface area contributed by atoms with E-state index >= 15 is 0 Å². The number of halogens is 2. The number of nitrogens with zero attached hydrogens (tertiary/aromatic N) is 1. The minimum absolute atomic E-state index is 0.0643. The van der Waals surface area contributed by atoms with E-state index in [9.17, 15) is 22.0 Å². The number of sulfonamides is 1. The molecule has 2 N–H and O–H groups in total. The zero-order valence-electron chi connectivity index (χ0n) is 13.7. The molecular formula is C17H17F2N3O3S. The SMILES string of the molecule is O=C(CN1CCCc2ccccc21)NNS(=O)(=O)c1cc(F)ccc1F. The Morgan fingerprint density at radius 3 is 2.73 bits per heavy atom. The third-order valence-corrected chi connectivity index (χ3v) is 5.31. The first-order chi connectivity index (χ1) is 12.4. The second-order valence-electron chi connectivity index (χ2n) is 5.88. The molecule has 2 aromatic rings. The molecule has 0 bridgehead atoms. The lowest BCUT2D eigenvalue weighted by Gasteiger charge is -2.30. The molecule has 0 fully saturated rings. The van der Waals surface area contributed by atoms with Crippen LogP contribution in [0.5, 0.6) is 0 Å². The smallest absolute Gasteiger partial charge is 0.260 e. The second-order valence-corrected chi connectivity index (χ2v) is 7.53. The first-order valence-electron chi connectivity index (χ1n) is 7.95. The minimum Gasteiger partial charge on any atom is -0.362 e. The van der Waals surface area contributed by atoms with Crippen molar-refractivity contribution in [3.8, 4) is 0 Å². The van der Waals surface area contributed by atoms with Crippen LogP contribution in [0.15, 0.2) is 47.4 Å². The first-order valence-corrected chi connectivity index (χ1v) is 9.44. The van der Waals surface area contributed by atoms with Gasteiger partial charge in [0, 0.05) is 12.2 Å². The van der Waals surface area contributed by atoms with Gasteiger partial charge in [0.05, 0.1) is 6.54 Å². The molecule has 0 unspecified atom stereocenters. The van der Waals surface area contributed by atoms with Gasteiger partial charge >= 0.3 is 0 Å². The predicted molar refractivity (Wildman–Crippen MR) is 91.8 cm³/mol. The van der Waals surface area contributed by atoms with Crippen molar-refractivity contribution >= 4 is 21.6 Å². The van der Waals surface area contributed by atoms with Crippen LogP contribution in [0.25, 0.3) is 0 Å². The van der Waals surface area contributed by atoms with E-state index in [0.29, 0.717) is 18.7 Å². The summed E-state index contributed by atoms with van der Waals surface area (Å²) in [6.07, 6.45) is 1.80. The van der Waals surface area contributed by atoms with E-state index in [-0.39, 0.29) is 6.54 Å². The van der Waals surface area contributed by atoms with Crippen molar-refractivity contribution in [2.45, 2.75) is 17.7 Å². The monoisotopic (exact) mass is 381 g/mol. The fourth-order valence-corrected chi connectivity index (χ4v) is 3.80. The van der Waals surface area contributed by atoms with Crippen molar-refractivity contribution in [2.24, 2.45) is 0 Å². The topological polar surface area (TPSA) is 78.5 Å². The maximum atomic E-state index is 13.6. The Kier molecular flexibility index (Phi) is 5.19. The predicted octanol–water partition coefficient (Wildman–Crippen LogP) is 1.73. The number of aryl methyl sites for hydroxylation is 1. The molecule has 1 amide bonds. The normalized spacial score (nSPS) is 14.0. The lowest BCUT2D eigenvalue weighted by molar-refractivity contribution is -0.120. The van der Waals surface area contributed by atoms with E-state index < -0.39 is 32.5 Å². The number of benzene rings is 2. The molecule has 3 rings (SSSR count). The number of carbonyl (C=O) groups is 1. The van der Waals surface area contributed by atoms with Crippen LogP contribution < -0.4 is 15.2 Å². The van der Waals surface area contributed by atoms with Gasteiger partial charge in [-0.3, -0.25) is 10.2 Å². The van der Waals surface area contributed by atoms with E-state index in [0.717, 1.165) is 30.2 Å². The van der Waals surface area contributed by atoms with Crippen LogP contribution in [-0.4, -0.2) is 27.4 Å². The standard InChI is InChI=1S/C17H17F2N3O3S/c18-13-7-8-14(19)16(10-13)26(24,25)21-20-17(23)11-22-9-3-5-12-4-1-2-6-15(12)22/h1-2,4,6-8,10,21H,3,5,9,11H2,(H,20,23). The van der Waals surface area contributed by atoms with Crippen molar-refractivity contribution in [2.75, 3.05) is 18.0 Å². The average Bonchev–Trinajstić information content (AvgIpc) is 2.62. The van der Waals surface area contributed by atoms with Crippen molar-refractivity contribution in [1.29, 1.82) is 0 Å². The Balaban J connectivity index is 1.65. The highest BCUT2D eigenvalue weighted by Crippen LogP contribution is 2.26. The molecule has 26 heavy (non-hydrogen) atoms. The molecular weight excluding hydrogens is 364 g/mol. The van der Waals surface area contributed by atoms with Gasteiger partial charge in [-0.1, -0.05) is 18.2 Å². The molecule has 0 radical (unpaired) electrons. The highest BCUT2D eigenvalue weighted by molar-refractivity contribution is 7.89. The Labute approximate surface area is 149 Å². The number of carbonyl (C=O) groups excluding carboxylic acids is 1. The summed E-state index contributed by atoms with van der Waals surface area (Å²) in [5.41, 5.74) is 4.08. The molecule has 0 saturated carbocycles. The number of hydrazine groups is 1. The molecule has 0 aliphatic carbocycles. The lowest BCUT2D eigenvalue weighted by Crippen LogP contribution is -2.47. The van der Waals surface area contributed by atoms with Crippen molar-refractivity contribution < 1.29 is 22.0 Å². The summed E-state index contributed by atoms with van der Waals surface area (Å²) >= 11 is 0. The third kappa shape index (κ3) is 4.00. The number of hydrogen-bond donors (Lipinski definition) is 2. The molecule has 2 aromatic carbocycles. The summed E-state index contributed by atoms with van der Waals surface area (Å²) in [4.78, 5) is 14.9. The minimum atomic E-state index is -4.43. The fraction of sp³-hybridized carbons (Fsp3) is 0.235. The van der Waals surface area contributed by atoms with Gasteiger partial charge in [-0.05, 0) is 42.7 Å². The number of anilines is 1. The summed E-state index contributed by atoms with van der Waals surface area (Å²) in [5.74, 6) is -2.62. The number of rotatable bonds is 5. The summed E-state index contributed by atoms with van der Waals surface area (Å²) in [7, 11) is -4.43. The van der Waals surface area contributed by atoms with E-state index in [2.05, 4.69) is 0 Å². The highest BCUT2D eigenvalue weighted by Gasteiger charge is 2.22. The molecule has 1 aliphatic heterocycles. The zero-order chi connectivity index (χ0) is 18.7. The Bertz CT molecular complexity index is 935. The van der Waals surface area contributed by atoms with Crippen LogP contribution in [0.1, 0.15) is 12.0 Å². The Morgan fingerprint density at radius 1 is 1.15 bits per heavy atom. The van der Waals surface area contributed by atoms with Crippen LogP contribution in [0, 0.1) is 11.6 Å². The van der Waals surface area contributed by atoms with Gasteiger partial charge in [-0.15, -0.1) is 4.83 Å². The number of hydrogen-bond acceptors (Lipinski definition) is 4. The van der Waals surface area contributed by atoms with Crippen LogP contribution in [0.3, 0.4) is 0 Å². The van der Waals surface area contributed by atoms with Crippen LogP contribution >= 0.6 is 0 Å². The van der Waals surface area contributed by atoms with Gasteiger partial charge in [-0.2, -0.15) is 0 Å². The van der Waals surface area contributed by atoms with E-state index in [1.54, 1.807) is 4.83 Å². The maximum absolute atomic E-state index is 13.6. The summed E-state index contributed by atoms with van der Waals surface area (Å²) in [6.45, 7) is 0.598. The maximum Gasteiger partial charge on any atom is 0.260 e. The van der Waals surface area contributed by atoms with E-state index in [1.165, 1.54) is 0 Å². The van der Waals surface area contributed by atoms with E-state index in [4.69, 9.17) is 0 Å². The van der Waals surface area contributed by atoms with Gasteiger partial charge in [0.2, 0.25) is 0 Å². The van der Waals surface area contributed by atoms with Crippen molar-refractivity contribution in [1.82, 2.24) is 10.3 Å². The number of nitrogens with one attached hydrogen (secondary N) is 2. The van der Waals surface area contributed by atoms with Gasteiger partial charge in [0.15, 0.2) is 0 Å². The van der Waals surface area contributed by atoms with E-state index in [1.807, 2.05) is 34.6 Å². The molecule has 0 saturated heterocycles. The molecule has 6 nitrogen and oxygen atoms in total. The molecule has 1 aliphatic rings. The van der Waals surface area contributed by atoms with Crippen LogP contribution in [0.4, 0.5) is 14.5 Å². The van der Waals surface area contributed by atoms with Gasteiger partial charge in [0.1, 0.15) is 16.5 Å². The molecule has 0 aromatic heterocycles. The number of amides is 1. The van der Waals surface area contributed by atoms with Gasteiger partial charge in [-0.25, -0.2) is 17.2 Å². The quantitative estimate of drug-likeness (QED) is 0.774. The highest BCUT2D eigenvalue weighted by atomic mass is 32.2.